The molecular weight excluding hydrogens is 417 g/mol. The Morgan fingerprint density at radius 2 is 1.75 bits per heavy atom. The van der Waals surface area contributed by atoms with Crippen LogP contribution in [0.3, 0.4) is 0 Å². The first kappa shape index (κ1) is 18.8. The van der Waals surface area contributed by atoms with Gasteiger partial charge in [-0.25, -0.2) is 0 Å². The number of benzene rings is 2. The van der Waals surface area contributed by atoms with Gasteiger partial charge in [-0.1, -0.05) is 57.3 Å². The standard InChI is InChI=1S/C17H14BrCl2NO3/c18-12-6-4-11(5-7-12)10-24-16(23)9-8-15(22)21-14-3-1-2-13(19)17(14)20/h1-7H,8-10H2,(H,21,22). The van der Waals surface area contributed by atoms with Crippen molar-refractivity contribution < 1.29 is 14.3 Å². The Balaban J connectivity index is 1.75. The summed E-state index contributed by atoms with van der Waals surface area (Å²) in [6, 6.07) is 12.4. The van der Waals surface area contributed by atoms with Crippen LogP contribution in [-0.4, -0.2) is 11.9 Å². The quantitative estimate of drug-likeness (QED) is 0.639. The summed E-state index contributed by atoms with van der Waals surface area (Å²) in [5.41, 5.74) is 1.29. The number of ether oxygens (including phenoxy) is 1. The molecule has 2 aromatic carbocycles. The minimum Gasteiger partial charge on any atom is -0.461 e. The van der Waals surface area contributed by atoms with Gasteiger partial charge >= 0.3 is 5.97 Å². The highest BCUT2D eigenvalue weighted by atomic mass is 79.9. The average Bonchev–Trinajstić information content (AvgIpc) is 2.56. The zero-order chi connectivity index (χ0) is 17.5. The molecule has 1 N–H and O–H groups in total. The van der Waals surface area contributed by atoms with Crippen LogP contribution in [0.15, 0.2) is 46.9 Å². The molecule has 126 valence electrons. The summed E-state index contributed by atoms with van der Waals surface area (Å²) >= 11 is 15.2. The maximum absolute atomic E-state index is 11.9. The van der Waals surface area contributed by atoms with Crippen LogP contribution in [0.25, 0.3) is 0 Å². The maximum Gasteiger partial charge on any atom is 0.306 e. The number of amides is 1. The van der Waals surface area contributed by atoms with Crippen molar-refractivity contribution in [3.8, 4) is 0 Å². The summed E-state index contributed by atoms with van der Waals surface area (Å²) in [4.78, 5) is 23.6. The Kier molecular flexibility index (Phi) is 7.09. The number of hydrogen-bond acceptors (Lipinski definition) is 3. The monoisotopic (exact) mass is 429 g/mol. The van der Waals surface area contributed by atoms with E-state index >= 15 is 0 Å². The first-order valence-corrected chi connectivity index (χ1v) is 8.64. The van der Waals surface area contributed by atoms with Crippen molar-refractivity contribution in [3.63, 3.8) is 0 Å². The predicted octanol–water partition coefficient (Wildman–Crippen LogP) is 5.22. The molecule has 0 atom stereocenters. The van der Waals surface area contributed by atoms with Gasteiger partial charge in [0.15, 0.2) is 0 Å². The fraction of sp³-hybridized carbons (Fsp3) is 0.176. The van der Waals surface area contributed by atoms with Crippen LogP contribution >= 0.6 is 39.1 Å². The second-order valence-electron chi connectivity index (χ2n) is 4.94. The van der Waals surface area contributed by atoms with Crippen LogP contribution in [0.4, 0.5) is 5.69 Å². The molecule has 4 nitrogen and oxygen atoms in total. The van der Waals surface area contributed by atoms with Crippen molar-refractivity contribution in [3.05, 3.63) is 62.5 Å². The van der Waals surface area contributed by atoms with E-state index in [4.69, 9.17) is 27.9 Å². The van der Waals surface area contributed by atoms with E-state index in [1.54, 1.807) is 18.2 Å². The van der Waals surface area contributed by atoms with E-state index in [9.17, 15) is 9.59 Å². The number of carbonyl (C=O) groups excluding carboxylic acids is 2. The zero-order valence-electron chi connectivity index (χ0n) is 12.5. The van der Waals surface area contributed by atoms with Gasteiger partial charge in [-0.15, -0.1) is 0 Å². The number of anilines is 1. The van der Waals surface area contributed by atoms with Crippen molar-refractivity contribution in [2.24, 2.45) is 0 Å². The van der Waals surface area contributed by atoms with Gasteiger partial charge in [0.05, 0.1) is 22.2 Å². The summed E-state index contributed by atoms with van der Waals surface area (Å²) in [5, 5.41) is 3.24. The van der Waals surface area contributed by atoms with Gasteiger partial charge in [-0.2, -0.15) is 0 Å². The normalized spacial score (nSPS) is 10.3. The van der Waals surface area contributed by atoms with Gasteiger partial charge in [-0.05, 0) is 29.8 Å². The van der Waals surface area contributed by atoms with Crippen molar-refractivity contribution >= 4 is 56.7 Å². The summed E-state index contributed by atoms with van der Waals surface area (Å²) in [7, 11) is 0. The van der Waals surface area contributed by atoms with Crippen molar-refractivity contribution in [1.82, 2.24) is 0 Å². The molecule has 0 bridgehead atoms. The van der Waals surface area contributed by atoms with Crippen LogP contribution in [0, 0.1) is 0 Å². The number of rotatable bonds is 6. The summed E-state index contributed by atoms with van der Waals surface area (Å²) in [6.07, 6.45) is -0.0113. The van der Waals surface area contributed by atoms with Crippen LogP contribution in [0.5, 0.6) is 0 Å². The van der Waals surface area contributed by atoms with E-state index in [2.05, 4.69) is 21.2 Å². The second-order valence-corrected chi connectivity index (χ2v) is 6.64. The van der Waals surface area contributed by atoms with E-state index in [1.807, 2.05) is 24.3 Å². The summed E-state index contributed by atoms with van der Waals surface area (Å²) in [5.74, 6) is -0.773. The third-order valence-electron chi connectivity index (χ3n) is 3.09. The first-order valence-electron chi connectivity index (χ1n) is 7.09. The molecule has 0 aromatic heterocycles. The Bertz CT molecular complexity index is 735. The molecule has 0 aliphatic heterocycles. The molecule has 1 amide bonds. The number of carbonyl (C=O) groups is 2. The number of esters is 1. The van der Waals surface area contributed by atoms with Crippen LogP contribution in [-0.2, 0) is 20.9 Å². The Hall–Kier alpha value is -1.56. The molecule has 0 aliphatic carbocycles. The molecule has 0 saturated heterocycles. The van der Waals surface area contributed by atoms with Gasteiger partial charge < -0.3 is 10.1 Å². The minimum atomic E-state index is -0.440. The highest BCUT2D eigenvalue weighted by Crippen LogP contribution is 2.29. The molecule has 0 spiro atoms. The number of nitrogens with one attached hydrogen (secondary N) is 1. The first-order chi connectivity index (χ1) is 11.5. The smallest absolute Gasteiger partial charge is 0.306 e. The average molecular weight is 431 g/mol. The van der Waals surface area contributed by atoms with E-state index in [-0.39, 0.29) is 30.4 Å². The lowest BCUT2D eigenvalue weighted by Gasteiger charge is -2.08. The van der Waals surface area contributed by atoms with Crippen molar-refractivity contribution in [2.75, 3.05) is 5.32 Å². The van der Waals surface area contributed by atoms with Crippen LogP contribution in [0.1, 0.15) is 18.4 Å². The Morgan fingerprint density at radius 3 is 2.46 bits per heavy atom. The highest BCUT2D eigenvalue weighted by Gasteiger charge is 2.11. The molecule has 0 fully saturated rings. The number of halogens is 3. The largest absolute Gasteiger partial charge is 0.461 e. The molecule has 0 radical (unpaired) electrons. The lowest BCUT2D eigenvalue weighted by molar-refractivity contribution is -0.145. The minimum absolute atomic E-state index is 0.00200. The summed E-state index contributed by atoms with van der Waals surface area (Å²) in [6.45, 7) is 0.174. The fourth-order valence-electron chi connectivity index (χ4n) is 1.85. The summed E-state index contributed by atoms with van der Waals surface area (Å²) < 4.78 is 6.08. The highest BCUT2D eigenvalue weighted by molar-refractivity contribution is 9.10. The molecule has 0 unspecified atom stereocenters. The SMILES string of the molecule is O=C(CCC(=O)OCc1ccc(Br)cc1)Nc1cccc(Cl)c1Cl. The topological polar surface area (TPSA) is 55.4 Å². The van der Waals surface area contributed by atoms with Crippen LogP contribution < -0.4 is 5.32 Å². The van der Waals surface area contributed by atoms with E-state index < -0.39 is 5.97 Å². The molecule has 24 heavy (non-hydrogen) atoms. The predicted molar refractivity (Wildman–Crippen MR) is 98.3 cm³/mol. The third kappa shape index (κ3) is 5.82. The molecule has 2 aromatic rings. The van der Waals surface area contributed by atoms with E-state index in [0.717, 1.165) is 10.0 Å². The molecule has 2 rings (SSSR count). The molecule has 0 aliphatic rings. The van der Waals surface area contributed by atoms with Gasteiger partial charge in [-0.3, -0.25) is 9.59 Å². The molecule has 0 saturated carbocycles. The van der Waals surface area contributed by atoms with Gasteiger partial charge in [0.1, 0.15) is 6.61 Å². The third-order valence-corrected chi connectivity index (χ3v) is 4.44. The lowest BCUT2D eigenvalue weighted by atomic mass is 10.2. The Labute approximate surface area is 158 Å². The Morgan fingerprint density at radius 1 is 1.04 bits per heavy atom. The number of hydrogen-bond donors (Lipinski definition) is 1. The second kappa shape index (κ2) is 9.06. The fourth-order valence-corrected chi connectivity index (χ4v) is 2.46. The van der Waals surface area contributed by atoms with Crippen molar-refractivity contribution in [1.29, 1.82) is 0 Å². The van der Waals surface area contributed by atoms with Gasteiger partial charge in [0, 0.05) is 10.9 Å². The van der Waals surface area contributed by atoms with Gasteiger partial charge in [0.2, 0.25) is 5.91 Å². The zero-order valence-corrected chi connectivity index (χ0v) is 15.6. The molecule has 0 heterocycles. The van der Waals surface area contributed by atoms with Crippen LogP contribution in [0.2, 0.25) is 10.0 Å². The lowest BCUT2D eigenvalue weighted by Crippen LogP contribution is -2.14. The van der Waals surface area contributed by atoms with Crippen molar-refractivity contribution in [2.45, 2.75) is 19.4 Å². The molecular formula is C17H14BrCl2NO3. The van der Waals surface area contributed by atoms with Gasteiger partial charge in [0.25, 0.3) is 0 Å². The van der Waals surface area contributed by atoms with E-state index in [1.165, 1.54) is 0 Å². The van der Waals surface area contributed by atoms with E-state index in [0.29, 0.717) is 10.7 Å². The molecule has 7 heteroatoms. The maximum atomic E-state index is 11.9.